The SMILES string of the molecule is COCC(N)C(=O)NCC(C)N1CCN(c2ccccc2)CC1.Cl.Cl.Cl. The summed E-state index contributed by atoms with van der Waals surface area (Å²) in [6, 6.07) is 10.2. The number of hydrogen-bond acceptors (Lipinski definition) is 5. The number of piperazine rings is 1. The van der Waals surface area contributed by atoms with Crippen LogP contribution < -0.4 is 16.0 Å². The number of para-hydroxylation sites is 1. The van der Waals surface area contributed by atoms with E-state index in [0.717, 1.165) is 26.2 Å². The van der Waals surface area contributed by atoms with Gasteiger partial charge in [-0.2, -0.15) is 0 Å². The zero-order valence-electron chi connectivity index (χ0n) is 15.3. The van der Waals surface area contributed by atoms with Crippen LogP contribution in [0.1, 0.15) is 6.92 Å². The molecular weight excluding hydrogens is 399 g/mol. The number of carbonyl (C=O) groups excluding carboxylic acids is 1. The lowest BCUT2D eigenvalue weighted by Gasteiger charge is -2.39. The van der Waals surface area contributed by atoms with Gasteiger partial charge in [0.25, 0.3) is 0 Å². The van der Waals surface area contributed by atoms with Crippen molar-refractivity contribution in [2.45, 2.75) is 19.0 Å². The van der Waals surface area contributed by atoms with Crippen LogP contribution in [0, 0.1) is 0 Å². The minimum Gasteiger partial charge on any atom is -0.383 e. The number of nitrogens with two attached hydrogens (primary N) is 1. The summed E-state index contributed by atoms with van der Waals surface area (Å²) in [4.78, 5) is 16.6. The molecule has 0 aromatic heterocycles. The Balaban J connectivity index is 0. The number of halogens is 3. The Morgan fingerprint density at radius 3 is 2.27 bits per heavy atom. The molecule has 1 aliphatic heterocycles. The minimum absolute atomic E-state index is 0. The van der Waals surface area contributed by atoms with Gasteiger partial charge in [-0.25, -0.2) is 0 Å². The molecule has 1 amide bonds. The van der Waals surface area contributed by atoms with Crippen LogP contribution in [-0.4, -0.2) is 69.3 Å². The average molecular weight is 430 g/mol. The van der Waals surface area contributed by atoms with Gasteiger partial charge in [0.15, 0.2) is 0 Å². The Morgan fingerprint density at radius 1 is 1.15 bits per heavy atom. The molecule has 1 aromatic carbocycles. The molecule has 26 heavy (non-hydrogen) atoms. The fourth-order valence-electron chi connectivity index (χ4n) is 2.82. The largest absolute Gasteiger partial charge is 0.383 e. The molecule has 2 rings (SSSR count). The van der Waals surface area contributed by atoms with Crippen LogP contribution in [0.25, 0.3) is 0 Å². The number of methoxy groups -OCH3 is 1. The van der Waals surface area contributed by atoms with Gasteiger partial charge in [-0.15, -0.1) is 37.2 Å². The molecule has 3 N–H and O–H groups in total. The Bertz CT molecular complexity index is 488. The van der Waals surface area contributed by atoms with Crippen molar-refractivity contribution in [2.24, 2.45) is 5.73 Å². The lowest BCUT2D eigenvalue weighted by Crippen LogP contribution is -2.53. The molecule has 1 saturated heterocycles. The number of carbonyl (C=O) groups is 1. The highest BCUT2D eigenvalue weighted by Crippen LogP contribution is 2.16. The first-order valence-electron chi connectivity index (χ1n) is 8.18. The van der Waals surface area contributed by atoms with E-state index < -0.39 is 6.04 Å². The molecule has 1 fully saturated rings. The molecule has 1 heterocycles. The van der Waals surface area contributed by atoms with Crippen LogP contribution in [0.5, 0.6) is 0 Å². The van der Waals surface area contributed by atoms with Crippen LogP contribution in [0.4, 0.5) is 5.69 Å². The first kappa shape index (κ1) is 27.5. The summed E-state index contributed by atoms with van der Waals surface area (Å²) < 4.78 is 4.90. The van der Waals surface area contributed by atoms with Crippen molar-refractivity contribution in [1.29, 1.82) is 0 Å². The highest BCUT2D eigenvalue weighted by molar-refractivity contribution is 5.86. The van der Waals surface area contributed by atoms with E-state index in [4.69, 9.17) is 10.5 Å². The van der Waals surface area contributed by atoms with Gasteiger partial charge in [0.05, 0.1) is 6.61 Å². The Morgan fingerprint density at radius 2 is 1.73 bits per heavy atom. The molecule has 0 bridgehead atoms. The van der Waals surface area contributed by atoms with Crippen molar-refractivity contribution in [3.63, 3.8) is 0 Å². The highest BCUT2D eigenvalue weighted by Gasteiger charge is 2.22. The average Bonchev–Trinajstić information content (AvgIpc) is 2.60. The summed E-state index contributed by atoms with van der Waals surface area (Å²) in [6.45, 7) is 7.00. The maximum Gasteiger partial charge on any atom is 0.239 e. The Labute approximate surface area is 175 Å². The summed E-state index contributed by atoms with van der Waals surface area (Å²) in [6.07, 6.45) is 0. The van der Waals surface area contributed by atoms with Crippen molar-refractivity contribution in [2.75, 3.05) is 51.3 Å². The maximum atomic E-state index is 11.8. The van der Waals surface area contributed by atoms with E-state index >= 15 is 0 Å². The van der Waals surface area contributed by atoms with Gasteiger partial charge in [-0.1, -0.05) is 18.2 Å². The fourth-order valence-corrected chi connectivity index (χ4v) is 2.82. The van der Waals surface area contributed by atoms with Gasteiger partial charge >= 0.3 is 0 Å². The van der Waals surface area contributed by atoms with Crippen molar-refractivity contribution in [3.05, 3.63) is 30.3 Å². The molecule has 2 atom stereocenters. The summed E-state index contributed by atoms with van der Waals surface area (Å²) in [5, 5.41) is 2.91. The van der Waals surface area contributed by atoms with Crippen LogP contribution in [0.2, 0.25) is 0 Å². The molecule has 0 saturated carbocycles. The van der Waals surface area contributed by atoms with Gasteiger partial charge in [0, 0.05) is 51.6 Å². The van der Waals surface area contributed by atoms with E-state index in [2.05, 4.69) is 46.3 Å². The second kappa shape index (κ2) is 14.3. The molecular formula is C17H31Cl3N4O2. The van der Waals surface area contributed by atoms with E-state index in [-0.39, 0.29) is 49.7 Å². The second-order valence-electron chi connectivity index (χ2n) is 6.01. The number of ether oxygens (including phenoxy) is 1. The number of hydrogen-bond donors (Lipinski definition) is 2. The van der Waals surface area contributed by atoms with Crippen LogP contribution in [0.15, 0.2) is 30.3 Å². The molecule has 0 aliphatic carbocycles. The number of nitrogens with zero attached hydrogens (tertiary/aromatic N) is 2. The smallest absolute Gasteiger partial charge is 0.239 e. The molecule has 2 unspecified atom stereocenters. The lowest BCUT2D eigenvalue weighted by atomic mass is 10.2. The minimum atomic E-state index is -0.595. The standard InChI is InChI=1S/C17H28N4O2.3ClH/c1-14(12-19-17(22)16(18)13-23-2)20-8-10-21(11-9-20)15-6-4-3-5-7-15;;;/h3-7,14,16H,8-13,18H2,1-2H3,(H,19,22);3*1H. The lowest BCUT2D eigenvalue weighted by molar-refractivity contribution is -0.123. The number of nitrogens with one attached hydrogen (secondary N) is 1. The molecule has 152 valence electrons. The quantitative estimate of drug-likeness (QED) is 0.688. The van der Waals surface area contributed by atoms with Crippen LogP contribution in [0.3, 0.4) is 0 Å². The van der Waals surface area contributed by atoms with Crippen molar-refractivity contribution in [3.8, 4) is 0 Å². The Kier molecular flexibility index (Phi) is 15.1. The molecule has 9 heteroatoms. The monoisotopic (exact) mass is 428 g/mol. The maximum absolute atomic E-state index is 11.8. The third-order valence-corrected chi connectivity index (χ3v) is 4.31. The molecule has 1 aromatic rings. The number of amides is 1. The van der Waals surface area contributed by atoms with Crippen molar-refractivity contribution < 1.29 is 9.53 Å². The van der Waals surface area contributed by atoms with Gasteiger partial charge in [0.2, 0.25) is 5.91 Å². The first-order valence-corrected chi connectivity index (χ1v) is 8.18. The van der Waals surface area contributed by atoms with Gasteiger partial charge in [-0.3, -0.25) is 9.69 Å². The summed E-state index contributed by atoms with van der Waals surface area (Å²) >= 11 is 0. The molecule has 0 spiro atoms. The number of anilines is 1. The zero-order valence-corrected chi connectivity index (χ0v) is 17.7. The Hall–Kier alpha value is -0.760. The van der Waals surface area contributed by atoms with Crippen molar-refractivity contribution in [1.82, 2.24) is 10.2 Å². The van der Waals surface area contributed by atoms with E-state index in [1.807, 2.05) is 6.07 Å². The molecule has 1 aliphatic rings. The first-order chi connectivity index (χ1) is 11.1. The molecule has 0 radical (unpaired) electrons. The highest BCUT2D eigenvalue weighted by atomic mass is 35.5. The predicted molar refractivity (Wildman–Crippen MR) is 114 cm³/mol. The second-order valence-corrected chi connectivity index (χ2v) is 6.01. The van der Waals surface area contributed by atoms with Gasteiger partial charge in [0.1, 0.15) is 6.04 Å². The molecule has 6 nitrogen and oxygen atoms in total. The topological polar surface area (TPSA) is 70.8 Å². The summed E-state index contributed by atoms with van der Waals surface area (Å²) in [7, 11) is 1.54. The van der Waals surface area contributed by atoms with Gasteiger partial charge in [-0.05, 0) is 19.1 Å². The third-order valence-electron chi connectivity index (χ3n) is 4.31. The number of benzene rings is 1. The van der Waals surface area contributed by atoms with Crippen molar-refractivity contribution >= 4 is 48.8 Å². The van der Waals surface area contributed by atoms with Crippen LogP contribution >= 0.6 is 37.2 Å². The summed E-state index contributed by atoms with van der Waals surface area (Å²) in [5.74, 6) is -0.151. The van der Waals surface area contributed by atoms with E-state index in [1.165, 1.54) is 5.69 Å². The van der Waals surface area contributed by atoms with E-state index in [9.17, 15) is 4.79 Å². The van der Waals surface area contributed by atoms with E-state index in [0.29, 0.717) is 12.6 Å². The van der Waals surface area contributed by atoms with Gasteiger partial charge < -0.3 is 20.7 Å². The van der Waals surface area contributed by atoms with Crippen LogP contribution in [-0.2, 0) is 9.53 Å². The summed E-state index contributed by atoms with van der Waals surface area (Å²) in [5.41, 5.74) is 6.99. The van der Waals surface area contributed by atoms with E-state index in [1.54, 1.807) is 7.11 Å². The zero-order chi connectivity index (χ0) is 16.7. The predicted octanol–water partition coefficient (Wildman–Crippen LogP) is 1.55. The normalized spacial score (nSPS) is 16.3. The fraction of sp³-hybridized carbons (Fsp3) is 0.588. The number of rotatable bonds is 7. The third kappa shape index (κ3) is 8.29.